The Bertz CT molecular complexity index is 952. The molecule has 1 saturated carbocycles. The van der Waals surface area contributed by atoms with Crippen molar-refractivity contribution in [3.63, 3.8) is 0 Å². The number of furan rings is 1. The first-order valence-electron chi connectivity index (χ1n) is 15.4. The Balaban J connectivity index is 1.19. The molecule has 1 aromatic rings. The van der Waals surface area contributed by atoms with E-state index in [2.05, 4.69) is 23.6 Å². The summed E-state index contributed by atoms with van der Waals surface area (Å²) in [5.74, 6) is 1.86. The van der Waals surface area contributed by atoms with E-state index in [1.54, 1.807) is 12.3 Å². The molecule has 7 heteroatoms. The van der Waals surface area contributed by atoms with Crippen molar-refractivity contribution in [1.29, 1.82) is 0 Å². The lowest BCUT2D eigenvalue weighted by Gasteiger charge is -2.55. The number of ether oxygens (including phenoxy) is 1. The van der Waals surface area contributed by atoms with Gasteiger partial charge in [-0.3, -0.25) is 9.69 Å². The summed E-state index contributed by atoms with van der Waals surface area (Å²) < 4.78 is 11.8. The average molecular weight is 528 g/mol. The van der Waals surface area contributed by atoms with Crippen molar-refractivity contribution in [2.24, 2.45) is 11.8 Å². The standard InChI is InChI=1S/C31H49N3O4/c1-4-5-11-26-23-33(22-25-9-7-6-8-10-25)29(36)38-31(26)15-19-34(20-16-31)30(3)13-17-32(18-14-30)28(35)27-12-21-37-24(27)2/h12,21,25-26H,4-11,13-20,22-23H2,1-3H3. The molecule has 0 bridgehead atoms. The number of likely N-dealkylation sites (tertiary alicyclic amines) is 2. The molecule has 1 spiro atoms. The molecule has 1 unspecified atom stereocenters. The largest absolute Gasteiger partial charge is 0.469 e. The van der Waals surface area contributed by atoms with Gasteiger partial charge in [0.15, 0.2) is 0 Å². The van der Waals surface area contributed by atoms with Crippen molar-refractivity contribution in [3.8, 4) is 0 Å². The summed E-state index contributed by atoms with van der Waals surface area (Å²) in [6, 6.07) is 1.78. The van der Waals surface area contributed by atoms with Crippen molar-refractivity contribution in [1.82, 2.24) is 14.7 Å². The quantitative estimate of drug-likeness (QED) is 0.419. The molecule has 212 valence electrons. The molecule has 38 heavy (non-hydrogen) atoms. The highest BCUT2D eigenvalue weighted by Crippen LogP contribution is 2.43. The van der Waals surface area contributed by atoms with Gasteiger partial charge < -0.3 is 19.0 Å². The fourth-order valence-electron chi connectivity index (χ4n) is 7.68. The van der Waals surface area contributed by atoms with Gasteiger partial charge in [0, 0.05) is 63.6 Å². The van der Waals surface area contributed by atoms with E-state index >= 15 is 0 Å². The number of unbranched alkanes of at least 4 members (excludes halogenated alkanes) is 1. The highest BCUT2D eigenvalue weighted by Gasteiger charge is 2.51. The molecular formula is C31H49N3O4. The van der Waals surface area contributed by atoms with Crippen LogP contribution in [0.3, 0.4) is 0 Å². The van der Waals surface area contributed by atoms with Crippen molar-refractivity contribution in [3.05, 3.63) is 23.7 Å². The summed E-state index contributed by atoms with van der Waals surface area (Å²) in [6.07, 6.45) is 15.3. The van der Waals surface area contributed by atoms with E-state index in [0.717, 1.165) is 71.4 Å². The second-order valence-corrected chi connectivity index (χ2v) is 12.8. The second-order valence-electron chi connectivity index (χ2n) is 12.8. The van der Waals surface area contributed by atoms with Crippen LogP contribution in [0.2, 0.25) is 0 Å². The van der Waals surface area contributed by atoms with Crippen molar-refractivity contribution < 1.29 is 18.7 Å². The van der Waals surface area contributed by atoms with Crippen LogP contribution in [-0.4, -0.2) is 77.1 Å². The van der Waals surface area contributed by atoms with Crippen molar-refractivity contribution in [2.45, 2.75) is 109 Å². The molecule has 4 aliphatic rings. The van der Waals surface area contributed by atoms with Crippen LogP contribution < -0.4 is 0 Å². The maximum Gasteiger partial charge on any atom is 0.410 e. The van der Waals surface area contributed by atoms with Gasteiger partial charge in [-0.2, -0.15) is 0 Å². The number of hydrogen-bond acceptors (Lipinski definition) is 5. The van der Waals surface area contributed by atoms with Crippen LogP contribution in [0.25, 0.3) is 0 Å². The van der Waals surface area contributed by atoms with Crippen LogP contribution in [0.1, 0.15) is 107 Å². The van der Waals surface area contributed by atoms with E-state index in [1.807, 2.05) is 11.8 Å². The normalized spacial score (nSPS) is 26.5. The highest BCUT2D eigenvalue weighted by atomic mass is 16.6. The minimum atomic E-state index is -0.308. The first kappa shape index (κ1) is 27.5. The molecule has 0 aromatic carbocycles. The Morgan fingerprint density at radius 1 is 1.05 bits per heavy atom. The summed E-state index contributed by atoms with van der Waals surface area (Å²) >= 11 is 0. The lowest BCUT2D eigenvalue weighted by Crippen LogP contribution is -2.63. The first-order valence-corrected chi connectivity index (χ1v) is 15.4. The third kappa shape index (κ3) is 5.64. The van der Waals surface area contributed by atoms with Crippen LogP contribution in [0.4, 0.5) is 4.79 Å². The number of carbonyl (C=O) groups is 2. The van der Waals surface area contributed by atoms with E-state index in [9.17, 15) is 9.59 Å². The number of hydrogen-bond donors (Lipinski definition) is 0. The van der Waals surface area contributed by atoms with Gasteiger partial charge in [-0.15, -0.1) is 0 Å². The Morgan fingerprint density at radius 2 is 1.76 bits per heavy atom. The number of aryl methyl sites for hydroxylation is 1. The molecule has 3 saturated heterocycles. The third-order valence-electron chi connectivity index (χ3n) is 10.4. The molecule has 5 rings (SSSR count). The Hall–Kier alpha value is -2.02. The third-order valence-corrected chi connectivity index (χ3v) is 10.4. The summed E-state index contributed by atoms with van der Waals surface area (Å²) in [5, 5.41) is 0. The van der Waals surface area contributed by atoms with Gasteiger partial charge >= 0.3 is 6.09 Å². The smallest absolute Gasteiger partial charge is 0.410 e. The summed E-state index contributed by atoms with van der Waals surface area (Å²) in [7, 11) is 0. The molecule has 0 N–H and O–H groups in total. The van der Waals surface area contributed by atoms with Crippen LogP contribution in [0, 0.1) is 18.8 Å². The maximum absolute atomic E-state index is 13.3. The van der Waals surface area contributed by atoms with Gasteiger partial charge in [0.1, 0.15) is 11.4 Å². The van der Waals surface area contributed by atoms with Crippen LogP contribution in [-0.2, 0) is 4.74 Å². The number of rotatable bonds is 7. The molecule has 2 amide bonds. The van der Waals surface area contributed by atoms with Gasteiger partial charge in [0.25, 0.3) is 5.91 Å². The Labute approximate surface area is 229 Å². The molecule has 0 radical (unpaired) electrons. The topological polar surface area (TPSA) is 66.2 Å². The second kappa shape index (κ2) is 11.6. The van der Waals surface area contributed by atoms with Gasteiger partial charge in [-0.05, 0) is 57.9 Å². The van der Waals surface area contributed by atoms with Crippen LogP contribution in [0.5, 0.6) is 0 Å². The monoisotopic (exact) mass is 527 g/mol. The van der Waals surface area contributed by atoms with E-state index in [1.165, 1.54) is 44.9 Å². The number of piperidine rings is 2. The fraction of sp³-hybridized carbons (Fsp3) is 0.806. The van der Waals surface area contributed by atoms with E-state index in [4.69, 9.17) is 9.15 Å². The van der Waals surface area contributed by atoms with E-state index in [-0.39, 0.29) is 23.1 Å². The molecule has 3 aliphatic heterocycles. The summed E-state index contributed by atoms with van der Waals surface area (Å²) in [5.41, 5.74) is 0.454. The van der Waals surface area contributed by atoms with Crippen molar-refractivity contribution >= 4 is 12.0 Å². The Morgan fingerprint density at radius 3 is 2.39 bits per heavy atom. The molecule has 7 nitrogen and oxygen atoms in total. The van der Waals surface area contributed by atoms with E-state index < -0.39 is 0 Å². The molecule has 4 heterocycles. The summed E-state index contributed by atoms with van der Waals surface area (Å²) in [4.78, 5) is 32.9. The SMILES string of the molecule is CCCCC1CN(CC2CCCCC2)C(=O)OC12CCN(C1(C)CCN(C(=O)c3ccoc3C)CC1)CC2. The zero-order valence-corrected chi connectivity index (χ0v) is 24.0. The van der Waals surface area contributed by atoms with Crippen LogP contribution in [0.15, 0.2) is 16.7 Å². The van der Waals surface area contributed by atoms with Gasteiger partial charge in [0.2, 0.25) is 0 Å². The predicted octanol–water partition coefficient (Wildman–Crippen LogP) is 6.26. The molecule has 1 aliphatic carbocycles. The summed E-state index contributed by atoms with van der Waals surface area (Å²) in [6.45, 7) is 11.7. The van der Waals surface area contributed by atoms with Crippen LogP contribution >= 0.6 is 0 Å². The minimum Gasteiger partial charge on any atom is -0.469 e. The lowest BCUT2D eigenvalue weighted by atomic mass is 9.74. The van der Waals surface area contributed by atoms with Gasteiger partial charge in [-0.25, -0.2) is 4.79 Å². The lowest BCUT2D eigenvalue weighted by molar-refractivity contribution is -0.134. The first-order chi connectivity index (χ1) is 18.3. The predicted molar refractivity (Wildman–Crippen MR) is 148 cm³/mol. The maximum atomic E-state index is 13.3. The van der Waals surface area contributed by atoms with Crippen molar-refractivity contribution in [2.75, 3.05) is 39.3 Å². The minimum absolute atomic E-state index is 0.0654. The fourth-order valence-corrected chi connectivity index (χ4v) is 7.68. The molecule has 4 fully saturated rings. The highest BCUT2D eigenvalue weighted by molar-refractivity contribution is 5.95. The average Bonchev–Trinajstić information content (AvgIpc) is 3.36. The number of amides is 2. The molecule has 1 atom stereocenters. The van der Waals surface area contributed by atoms with Gasteiger partial charge in [-0.1, -0.05) is 39.0 Å². The van der Waals surface area contributed by atoms with Gasteiger partial charge in [0.05, 0.1) is 11.8 Å². The van der Waals surface area contributed by atoms with E-state index in [0.29, 0.717) is 23.2 Å². The Kier molecular flexibility index (Phi) is 8.42. The molecule has 1 aromatic heterocycles. The zero-order chi connectivity index (χ0) is 26.8. The number of carbonyl (C=O) groups excluding carboxylic acids is 2. The number of nitrogens with zero attached hydrogens (tertiary/aromatic N) is 3. The zero-order valence-electron chi connectivity index (χ0n) is 24.0. The molecular weight excluding hydrogens is 478 g/mol.